The van der Waals surface area contributed by atoms with E-state index in [0.717, 1.165) is 51.2 Å². The summed E-state index contributed by atoms with van der Waals surface area (Å²) in [6.45, 7) is 4.56. The van der Waals surface area contributed by atoms with Crippen molar-refractivity contribution in [2.75, 3.05) is 21.0 Å². The Balaban J connectivity index is 1.64. The zero-order valence-electron chi connectivity index (χ0n) is 18.5. The Labute approximate surface area is 175 Å². The number of methoxy groups -OCH3 is 2. The van der Waals surface area contributed by atoms with Gasteiger partial charge in [0, 0.05) is 25.6 Å². The number of hydrogen-bond acceptors (Lipinski definition) is 5. The molecule has 0 bridgehead atoms. The smallest absolute Gasteiger partial charge is 0.146 e. The van der Waals surface area contributed by atoms with Crippen molar-refractivity contribution in [2.45, 2.75) is 77.4 Å². The highest BCUT2D eigenvalue weighted by Gasteiger charge is 2.66. The number of aldehydes is 1. The lowest BCUT2D eigenvalue weighted by Gasteiger charge is -2.62. The Morgan fingerprint density at radius 3 is 2.59 bits per heavy atom. The molecule has 0 saturated heterocycles. The predicted octanol–water partition coefficient (Wildman–Crippen LogP) is 4.03. The summed E-state index contributed by atoms with van der Waals surface area (Å²) in [5, 5.41) is 0. The first kappa shape index (κ1) is 21.5. The number of hydrogen-bond donors (Lipinski definition) is 0. The third kappa shape index (κ3) is 3.14. The van der Waals surface area contributed by atoms with Crippen molar-refractivity contribution in [3.8, 4) is 0 Å². The lowest BCUT2D eigenvalue weighted by Crippen LogP contribution is -2.61. The summed E-state index contributed by atoms with van der Waals surface area (Å²) in [6, 6.07) is 0. The van der Waals surface area contributed by atoms with Gasteiger partial charge in [-0.05, 0) is 87.4 Å². The van der Waals surface area contributed by atoms with Crippen LogP contribution in [-0.4, -0.2) is 45.3 Å². The maximum absolute atomic E-state index is 13.0. The van der Waals surface area contributed by atoms with Crippen LogP contribution in [0.4, 0.5) is 0 Å². The second kappa shape index (κ2) is 8.05. The highest BCUT2D eigenvalue weighted by molar-refractivity contribution is 5.87. The van der Waals surface area contributed by atoms with Crippen LogP contribution in [0.1, 0.15) is 65.2 Å². The molecule has 4 saturated carbocycles. The largest absolute Gasteiger partial charge is 0.381 e. The summed E-state index contributed by atoms with van der Waals surface area (Å²) in [4.78, 5) is 24.9. The van der Waals surface area contributed by atoms with E-state index in [2.05, 4.69) is 6.92 Å². The fourth-order valence-electron chi connectivity index (χ4n) is 8.39. The molecule has 0 aliphatic heterocycles. The van der Waals surface area contributed by atoms with Crippen LogP contribution in [0.2, 0.25) is 0 Å². The van der Waals surface area contributed by atoms with E-state index >= 15 is 0 Å². The lowest BCUT2D eigenvalue weighted by atomic mass is 9.43. The highest BCUT2D eigenvalue weighted by atomic mass is 16.7. The topological polar surface area (TPSA) is 61.8 Å². The number of Topliss-reactive ketones (excluding diaryl/α,β-unsaturated/α-hetero) is 1. The van der Waals surface area contributed by atoms with Crippen molar-refractivity contribution < 1.29 is 23.8 Å². The summed E-state index contributed by atoms with van der Waals surface area (Å²) in [7, 11) is 3.49. The van der Waals surface area contributed by atoms with E-state index in [9.17, 15) is 9.59 Å². The van der Waals surface area contributed by atoms with E-state index < -0.39 is 5.41 Å². The monoisotopic (exact) mass is 406 g/mol. The molecular formula is C24H38O5. The van der Waals surface area contributed by atoms with Crippen LogP contribution in [0.5, 0.6) is 0 Å². The van der Waals surface area contributed by atoms with Gasteiger partial charge in [-0.15, -0.1) is 0 Å². The molecule has 0 aromatic rings. The van der Waals surface area contributed by atoms with Gasteiger partial charge in [0.15, 0.2) is 0 Å². The third-order valence-corrected chi connectivity index (χ3v) is 9.67. The number of ether oxygens (including phenoxy) is 3. The van der Waals surface area contributed by atoms with Crippen molar-refractivity contribution >= 4 is 12.1 Å². The van der Waals surface area contributed by atoms with E-state index in [4.69, 9.17) is 14.2 Å². The zero-order valence-corrected chi connectivity index (χ0v) is 18.5. The van der Waals surface area contributed by atoms with Gasteiger partial charge >= 0.3 is 0 Å². The first-order chi connectivity index (χ1) is 13.9. The molecule has 0 amide bonds. The minimum Gasteiger partial charge on any atom is -0.381 e. The third-order valence-electron chi connectivity index (χ3n) is 9.67. The standard InChI is InChI=1S/C24H38O5/c1-15(26)24-12-21(28-4)22-19(20(24)8-6-17(24)13-25)7-5-16-11-18(29-14-27-3)9-10-23(16,22)2/h13,16-22H,5-12,14H2,1-4H3/t16-,17+,18+,19-,20-,21-,22+,23-,24-/m0/s1. The Morgan fingerprint density at radius 2 is 1.93 bits per heavy atom. The summed E-state index contributed by atoms with van der Waals surface area (Å²) in [5.41, 5.74) is -0.274. The zero-order chi connectivity index (χ0) is 20.8. The predicted molar refractivity (Wildman–Crippen MR) is 109 cm³/mol. The van der Waals surface area contributed by atoms with Crippen molar-refractivity contribution in [3.05, 3.63) is 0 Å². The molecule has 0 heterocycles. The maximum Gasteiger partial charge on any atom is 0.146 e. The van der Waals surface area contributed by atoms with Gasteiger partial charge in [-0.1, -0.05) is 6.92 Å². The molecule has 5 nitrogen and oxygen atoms in total. The van der Waals surface area contributed by atoms with Gasteiger partial charge in [-0.25, -0.2) is 0 Å². The molecule has 29 heavy (non-hydrogen) atoms. The lowest BCUT2D eigenvalue weighted by molar-refractivity contribution is -0.197. The van der Waals surface area contributed by atoms with Crippen LogP contribution in [0, 0.1) is 40.4 Å². The van der Waals surface area contributed by atoms with Gasteiger partial charge in [0.25, 0.3) is 0 Å². The molecule has 0 spiro atoms. The van der Waals surface area contributed by atoms with Crippen molar-refractivity contribution in [1.82, 2.24) is 0 Å². The maximum atomic E-state index is 13.0. The Kier molecular flexibility index (Phi) is 5.95. The molecule has 164 valence electrons. The molecule has 0 aromatic heterocycles. The average Bonchev–Trinajstić information content (AvgIpc) is 3.11. The molecule has 0 radical (unpaired) electrons. The summed E-state index contributed by atoms with van der Waals surface area (Å²) >= 11 is 0. The van der Waals surface area contributed by atoms with Crippen LogP contribution in [0.15, 0.2) is 0 Å². The fraction of sp³-hybridized carbons (Fsp3) is 0.917. The van der Waals surface area contributed by atoms with E-state index in [0.29, 0.717) is 30.5 Å². The normalized spacial score (nSPS) is 49.0. The number of carbonyl (C=O) groups excluding carboxylic acids is 2. The second-order valence-electron chi connectivity index (χ2n) is 10.4. The molecule has 4 fully saturated rings. The van der Waals surface area contributed by atoms with Crippen LogP contribution < -0.4 is 0 Å². The van der Waals surface area contributed by atoms with Gasteiger partial charge in [0.1, 0.15) is 18.9 Å². The molecule has 4 rings (SSSR count). The van der Waals surface area contributed by atoms with Gasteiger partial charge in [-0.2, -0.15) is 0 Å². The van der Waals surface area contributed by atoms with Crippen LogP contribution >= 0.6 is 0 Å². The molecule has 9 atom stereocenters. The van der Waals surface area contributed by atoms with E-state index in [1.807, 2.05) is 0 Å². The SMILES string of the molecule is COCO[C@@H]1CC[C@@]2(C)[C@@H](CC[C@@H]3[C@@H]2[C@@H](OC)C[C@]2(C(C)=O)[C@@H](C=O)CC[C@@H]32)C1. The van der Waals surface area contributed by atoms with Crippen molar-refractivity contribution in [2.24, 2.45) is 40.4 Å². The molecule has 0 aromatic carbocycles. The Hall–Kier alpha value is -0.780. The number of rotatable bonds is 6. The summed E-state index contributed by atoms with van der Waals surface area (Å²) < 4.78 is 17.2. The van der Waals surface area contributed by atoms with Crippen LogP contribution in [-0.2, 0) is 23.8 Å². The molecular weight excluding hydrogens is 368 g/mol. The first-order valence-corrected chi connectivity index (χ1v) is 11.5. The Bertz CT molecular complexity index is 635. The van der Waals surface area contributed by atoms with Crippen LogP contribution in [0.25, 0.3) is 0 Å². The van der Waals surface area contributed by atoms with Crippen molar-refractivity contribution in [1.29, 1.82) is 0 Å². The van der Waals surface area contributed by atoms with Gasteiger partial charge in [0.05, 0.1) is 12.2 Å². The quantitative estimate of drug-likeness (QED) is 0.492. The summed E-state index contributed by atoms with van der Waals surface area (Å²) in [6.07, 6.45) is 9.66. The molecule has 4 aliphatic rings. The number of ketones is 1. The molecule has 4 aliphatic carbocycles. The first-order valence-electron chi connectivity index (χ1n) is 11.5. The second-order valence-corrected chi connectivity index (χ2v) is 10.4. The van der Waals surface area contributed by atoms with Gasteiger partial charge in [-0.3, -0.25) is 4.79 Å². The average molecular weight is 407 g/mol. The van der Waals surface area contributed by atoms with E-state index in [1.165, 1.54) is 6.42 Å². The number of fused-ring (bicyclic) bond motifs is 5. The van der Waals surface area contributed by atoms with Gasteiger partial charge in [0.2, 0.25) is 0 Å². The molecule has 0 unspecified atom stereocenters. The minimum atomic E-state index is -0.494. The van der Waals surface area contributed by atoms with Gasteiger partial charge < -0.3 is 19.0 Å². The van der Waals surface area contributed by atoms with E-state index in [1.54, 1.807) is 21.1 Å². The van der Waals surface area contributed by atoms with E-state index in [-0.39, 0.29) is 29.3 Å². The molecule has 5 heteroatoms. The summed E-state index contributed by atoms with van der Waals surface area (Å²) in [5.74, 6) is 2.00. The molecule has 0 N–H and O–H groups in total. The Morgan fingerprint density at radius 1 is 1.14 bits per heavy atom. The fourth-order valence-corrected chi connectivity index (χ4v) is 8.39. The number of carbonyl (C=O) groups is 2. The van der Waals surface area contributed by atoms with Crippen molar-refractivity contribution in [3.63, 3.8) is 0 Å². The van der Waals surface area contributed by atoms with Crippen LogP contribution in [0.3, 0.4) is 0 Å². The minimum absolute atomic E-state index is 0.0601. The highest BCUT2D eigenvalue weighted by Crippen LogP contribution is 2.68.